The minimum atomic E-state index is -0.628. The molecule has 0 saturated heterocycles. The number of benzene rings is 1. The van der Waals surface area contributed by atoms with Crippen LogP contribution in [0.15, 0.2) is 18.2 Å². The van der Waals surface area contributed by atoms with Crippen molar-refractivity contribution in [1.29, 1.82) is 0 Å². The van der Waals surface area contributed by atoms with E-state index >= 15 is 0 Å². The molecule has 150 valence electrons. The van der Waals surface area contributed by atoms with Crippen LogP contribution < -0.4 is 0 Å². The number of rotatable bonds is 8. The molecule has 4 atom stereocenters. The summed E-state index contributed by atoms with van der Waals surface area (Å²) in [6, 6.07) is 7.00. The molecule has 0 spiro atoms. The standard InChI is InChI=1S/C24H36O3/c1-3-4-11-24(2,23(26)27)15-17-5-7-21-14-22(10-9-20(21)12-17)19-8-6-18(13-19)16-25/h9-10,14,17-19,25H,3-8,11-13,15-16H2,1-2H3,(H,26,27). The number of fused-ring (bicyclic) bond motifs is 1. The van der Waals surface area contributed by atoms with Crippen molar-refractivity contribution in [2.45, 2.75) is 84.0 Å². The smallest absolute Gasteiger partial charge is 0.309 e. The Balaban J connectivity index is 1.65. The SMILES string of the molecule is CCCCC(C)(CC1CCc2cc(C3CCC(CO)C3)ccc2C1)C(=O)O. The Bertz CT molecular complexity index is 653. The third-order valence-electron chi connectivity index (χ3n) is 7.17. The number of hydrogen-bond donors (Lipinski definition) is 2. The molecule has 0 heterocycles. The van der Waals surface area contributed by atoms with Crippen molar-refractivity contribution < 1.29 is 15.0 Å². The second-order valence-corrected chi connectivity index (χ2v) is 9.37. The highest BCUT2D eigenvalue weighted by atomic mass is 16.4. The maximum Gasteiger partial charge on any atom is 0.309 e. The molecule has 1 aromatic rings. The van der Waals surface area contributed by atoms with E-state index in [0.29, 0.717) is 24.4 Å². The second kappa shape index (κ2) is 8.77. The van der Waals surface area contributed by atoms with Crippen LogP contribution in [-0.2, 0) is 17.6 Å². The maximum absolute atomic E-state index is 11.9. The first-order valence-corrected chi connectivity index (χ1v) is 10.9. The van der Waals surface area contributed by atoms with Gasteiger partial charge in [-0.25, -0.2) is 0 Å². The third kappa shape index (κ3) is 4.74. The normalized spacial score (nSPS) is 27.1. The molecule has 2 aliphatic rings. The summed E-state index contributed by atoms with van der Waals surface area (Å²) < 4.78 is 0. The zero-order valence-corrected chi connectivity index (χ0v) is 17.0. The van der Waals surface area contributed by atoms with E-state index in [-0.39, 0.29) is 0 Å². The van der Waals surface area contributed by atoms with Gasteiger partial charge in [-0.05, 0) is 92.7 Å². The second-order valence-electron chi connectivity index (χ2n) is 9.37. The van der Waals surface area contributed by atoms with Crippen molar-refractivity contribution >= 4 is 5.97 Å². The number of carboxylic acids is 1. The number of unbranched alkanes of at least 4 members (excludes halogenated alkanes) is 1. The number of carboxylic acid groups (broad SMARTS) is 1. The molecule has 1 aromatic carbocycles. The van der Waals surface area contributed by atoms with E-state index in [4.69, 9.17) is 0 Å². The van der Waals surface area contributed by atoms with E-state index in [1.54, 1.807) is 0 Å². The molecule has 2 N–H and O–H groups in total. The monoisotopic (exact) mass is 372 g/mol. The molecule has 1 saturated carbocycles. The molecule has 1 fully saturated rings. The van der Waals surface area contributed by atoms with Gasteiger partial charge in [0.1, 0.15) is 0 Å². The fraction of sp³-hybridized carbons (Fsp3) is 0.708. The quantitative estimate of drug-likeness (QED) is 0.648. The summed E-state index contributed by atoms with van der Waals surface area (Å²) in [5.74, 6) is 0.935. The van der Waals surface area contributed by atoms with E-state index in [0.717, 1.165) is 57.8 Å². The maximum atomic E-state index is 11.9. The molecule has 3 nitrogen and oxygen atoms in total. The zero-order chi connectivity index (χ0) is 19.4. The lowest BCUT2D eigenvalue weighted by Gasteiger charge is -2.33. The summed E-state index contributed by atoms with van der Waals surface area (Å²) in [7, 11) is 0. The fourth-order valence-electron chi connectivity index (χ4n) is 5.32. The van der Waals surface area contributed by atoms with Crippen molar-refractivity contribution in [1.82, 2.24) is 0 Å². The van der Waals surface area contributed by atoms with Crippen LogP contribution in [0.2, 0.25) is 0 Å². The van der Waals surface area contributed by atoms with E-state index < -0.39 is 11.4 Å². The number of aliphatic hydroxyl groups excluding tert-OH is 1. The van der Waals surface area contributed by atoms with Gasteiger partial charge in [0.25, 0.3) is 0 Å². The Morgan fingerprint density at radius 1 is 1.19 bits per heavy atom. The van der Waals surface area contributed by atoms with Gasteiger partial charge in [-0.3, -0.25) is 4.79 Å². The van der Waals surface area contributed by atoms with Crippen LogP contribution in [0.4, 0.5) is 0 Å². The van der Waals surface area contributed by atoms with Gasteiger partial charge in [0.15, 0.2) is 0 Å². The van der Waals surface area contributed by atoms with Gasteiger partial charge in [-0.1, -0.05) is 38.0 Å². The lowest BCUT2D eigenvalue weighted by molar-refractivity contribution is -0.149. The summed E-state index contributed by atoms with van der Waals surface area (Å²) in [5, 5.41) is 19.2. The molecule has 0 aliphatic heterocycles. The van der Waals surface area contributed by atoms with Crippen LogP contribution in [0.25, 0.3) is 0 Å². The van der Waals surface area contributed by atoms with Crippen LogP contribution in [0, 0.1) is 17.3 Å². The first-order chi connectivity index (χ1) is 12.9. The fourth-order valence-corrected chi connectivity index (χ4v) is 5.32. The van der Waals surface area contributed by atoms with Gasteiger partial charge in [-0.2, -0.15) is 0 Å². The van der Waals surface area contributed by atoms with Crippen molar-refractivity contribution in [3.8, 4) is 0 Å². The Labute approximate surface area is 164 Å². The molecular weight excluding hydrogens is 336 g/mol. The highest BCUT2D eigenvalue weighted by Gasteiger charge is 2.36. The average molecular weight is 373 g/mol. The average Bonchev–Trinajstić information content (AvgIpc) is 3.15. The van der Waals surface area contributed by atoms with Crippen LogP contribution >= 0.6 is 0 Å². The van der Waals surface area contributed by atoms with Gasteiger partial charge in [0.05, 0.1) is 5.41 Å². The van der Waals surface area contributed by atoms with E-state index in [1.165, 1.54) is 23.1 Å². The van der Waals surface area contributed by atoms with Crippen LogP contribution in [-0.4, -0.2) is 22.8 Å². The molecule has 3 heteroatoms. The summed E-state index contributed by atoms with van der Waals surface area (Å²) in [5.41, 5.74) is 3.76. The highest BCUT2D eigenvalue weighted by Crippen LogP contribution is 2.41. The van der Waals surface area contributed by atoms with Gasteiger partial charge >= 0.3 is 5.97 Å². The molecule has 0 bridgehead atoms. The highest BCUT2D eigenvalue weighted by molar-refractivity contribution is 5.74. The molecular formula is C24H36O3. The number of aryl methyl sites for hydroxylation is 1. The topological polar surface area (TPSA) is 57.5 Å². The Morgan fingerprint density at radius 2 is 2.00 bits per heavy atom. The molecule has 0 amide bonds. The molecule has 27 heavy (non-hydrogen) atoms. The minimum absolute atomic E-state index is 0.323. The van der Waals surface area contributed by atoms with Crippen molar-refractivity contribution in [2.75, 3.05) is 6.61 Å². The lowest BCUT2D eigenvalue weighted by Crippen LogP contribution is -2.32. The van der Waals surface area contributed by atoms with Crippen LogP contribution in [0.3, 0.4) is 0 Å². The third-order valence-corrected chi connectivity index (χ3v) is 7.17. The summed E-state index contributed by atoms with van der Waals surface area (Å²) in [4.78, 5) is 11.9. The van der Waals surface area contributed by atoms with Gasteiger partial charge in [0.2, 0.25) is 0 Å². The Morgan fingerprint density at radius 3 is 2.67 bits per heavy atom. The van der Waals surface area contributed by atoms with E-state index in [9.17, 15) is 15.0 Å². The van der Waals surface area contributed by atoms with Crippen LogP contribution in [0.1, 0.15) is 87.8 Å². The number of carbonyl (C=O) groups is 1. The first-order valence-electron chi connectivity index (χ1n) is 10.9. The molecule has 2 aliphatic carbocycles. The largest absolute Gasteiger partial charge is 0.481 e. The van der Waals surface area contributed by atoms with Crippen molar-refractivity contribution in [3.63, 3.8) is 0 Å². The van der Waals surface area contributed by atoms with Gasteiger partial charge < -0.3 is 10.2 Å². The van der Waals surface area contributed by atoms with Gasteiger partial charge in [0, 0.05) is 6.61 Å². The number of aliphatic carboxylic acids is 1. The van der Waals surface area contributed by atoms with Gasteiger partial charge in [-0.15, -0.1) is 0 Å². The summed E-state index contributed by atoms with van der Waals surface area (Å²) in [6.07, 6.45) is 10.3. The number of aliphatic hydroxyl groups is 1. The predicted molar refractivity (Wildman–Crippen MR) is 109 cm³/mol. The Kier molecular flexibility index (Phi) is 6.62. The molecule has 0 radical (unpaired) electrons. The predicted octanol–water partition coefficient (Wildman–Crippen LogP) is 5.34. The number of hydrogen-bond acceptors (Lipinski definition) is 2. The Hall–Kier alpha value is -1.35. The lowest BCUT2D eigenvalue weighted by atomic mass is 9.71. The zero-order valence-electron chi connectivity index (χ0n) is 17.0. The first kappa shape index (κ1) is 20.4. The van der Waals surface area contributed by atoms with Crippen LogP contribution in [0.5, 0.6) is 0 Å². The summed E-state index contributed by atoms with van der Waals surface area (Å²) in [6.45, 7) is 4.40. The molecule has 3 rings (SSSR count). The summed E-state index contributed by atoms with van der Waals surface area (Å²) >= 11 is 0. The molecule has 4 unspecified atom stereocenters. The van der Waals surface area contributed by atoms with E-state index in [1.807, 2.05) is 6.92 Å². The van der Waals surface area contributed by atoms with Crippen molar-refractivity contribution in [3.05, 3.63) is 34.9 Å². The van der Waals surface area contributed by atoms with Crippen molar-refractivity contribution in [2.24, 2.45) is 17.3 Å². The minimum Gasteiger partial charge on any atom is -0.481 e. The molecule has 0 aromatic heterocycles. The van der Waals surface area contributed by atoms with E-state index in [2.05, 4.69) is 25.1 Å².